The summed E-state index contributed by atoms with van der Waals surface area (Å²) in [6.07, 6.45) is 58.6. The van der Waals surface area contributed by atoms with Crippen molar-refractivity contribution in [2.24, 2.45) is 0 Å². The maximum Gasteiger partial charge on any atom is 0.362 e. The van der Waals surface area contributed by atoms with Crippen molar-refractivity contribution in [2.75, 3.05) is 41.0 Å². The number of aliphatic carboxylic acids is 1. The number of likely N-dealkylation sites (N-methyl/N-ethyl adjacent to an activating group) is 1. The number of carbonyl (C=O) groups is 3. The van der Waals surface area contributed by atoms with Gasteiger partial charge in [-0.05, 0) is 51.4 Å². The average molecular weight is 899 g/mol. The monoisotopic (exact) mass is 899 g/mol. The number of hydrogen-bond donors (Lipinski definition) is 1. The minimum absolute atomic E-state index is 0.0384. The van der Waals surface area contributed by atoms with Crippen LogP contribution in [-0.2, 0) is 28.6 Å². The lowest BCUT2D eigenvalue weighted by Gasteiger charge is -2.31. The molecule has 0 saturated heterocycles. The van der Waals surface area contributed by atoms with Crippen molar-refractivity contribution in [3.05, 3.63) is 60.8 Å². The summed E-state index contributed by atoms with van der Waals surface area (Å²) in [5, 5.41) is 9.65. The molecule has 0 aliphatic carbocycles. The number of carboxylic acid groups (broad SMARTS) is 1. The van der Waals surface area contributed by atoms with Gasteiger partial charge in [-0.3, -0.25) is 9.59 Å². The Morgan fingerprint density at radius 1 is 0.484 bits per heavy atom. The number of esters is 2. The molecule has 8 nitrogen and oxygen atoms in total. The van der Waals surface area contributed by atoms with Gasteiger partial charge in [-0.25, -0.2) is 4.79 Å². The predicted octanol–water partition coefficient (Wildman–Crippen LogP) is 15.3. The number of ether oxygens (including phenoxy) is 3. The molecule has 0 rings (SSSR count). The molecule has 0 aromatic heterocycles. The molecule has 2 unspecified atom stereocenters. The summed E-state index contributed by atoms with van der Waals surface area (Å²) in [5.41, 5.74) is 0. The van der Waals surface area contributed by atoms with E-state index in [1.807, 2.05) is 21.1 Å². The first kappa shape index (κ1) is 61.0. The van der Waals surface area contributed by atoms with Gasteiger partial charge in [0.05, 0.1) is 34.4 Å². The van der Waals surface area contributed by atoms with Crippen LogP contribution < -0.4 is 0 Å². The Morgan fingerprint density at radius 3 is 1.28 bits per heavy atom. The Balaban J connectivity index is 4.24. The van der Waals surface area contributed by atoms with Crippen molar-refractivity contribution in [3.63, 3.8) is 0 Å². The smallest absolute Gasteiger partial charge is 0.362 e. The quantitative estimate of drug-likeness (QED) is 0.0281. The van der Waals surface area contributed by atoms with Gasteiger partial charge in [0.15, 0.2) is 12.1 Å². The van der Waals surface area contributed by atoms with Gasteiger partial charge in [0.2, 0.25) is 0 Å². The Kier molecular flexibility index (Phi) is 44.4. The zero-order valence-electron chi connectivity index (χ0n) is 42.2. The van der Waals surface area contributed by atoms with Crippen LogP contribution in [0.2, 0.25) is 0 Å². The minimum atomic E-state index is -0.883. The lowest BCUT2D eigenvalue weighted by molar-refractivity contribution is -0.887. The highest BCUT2D eigenvalue weighted by atomic mass is 16.6. The zero-order chi connectivity index (χ0) is 47.0. The van der Waals surface area contributed by atoms with Gasteiger partial charge in [0.1, 0.15) is 6.61 Å². The van der Waals surface area contributed by atoms with Crippen molar-refractivity contribution in [1.29, 1.82) is 0 Å². The lowest BCUT2D eigenvalue weighted by Crippen LogP contribution is -2.50. The Bertz CT molecular complexity index is 1230. The van der Waals surface area contributed by atoms with Crippen LogP contribution >= 0.6 is 0 Å². The van der Waals surface area contributed by atoms with E-state index in [0.29, 0.717) is 19.3 Å². The molecule has 0 saturated carbocycles. The van der Waals surface area contributed by atoms with Gasteiger partial charge in [-0.15, -0.1) is 0 Å². The first-order valence-electron chi connectivity index (χ1n) is 26.3. The second-order valence-electron chi connectivity index (χ2n) is 18.8. The van der Waals surface area contributed by atoms with Crippen LogP contribution in [0.25, 0.3) is 0 Å². The summed E-state index contributed by atoms with van der Waals surface area (Å²) in [7, 11) is 5.52. The van der Waals surface area contributed by atoms with Gasteiger partial charge < -0.3 is 23.8 Å². The molecule has 0 aromatic rings. The largest absolute Gasteiger partial charge is 0.477 e. The summed E-state index contributed by atoms with van der Waals surface area (Å²) in [4.78, 5) is 37.1. The predicted molar refractivity (Wildman–Crippen MR) is 271 cm³/mol. The molecule has 8 heteroatoms. The standard InChI is InChI=1S/C56H99NO7/c1-6-8-10-12-14-16-18-20-22-24-25-26-27-28-29-31-32-34-36-38-40-42-44-46-54(58)63-51-52(50-62-49-48-53(56(60)61)57(3,4)5)64-55(59)47-45-43-41-39-37-35-33-30-23-21-19-17-15-13-11-9-7-2/h9,11,15,17,21,23,33,35,39,41,52-53H,6-8,10,12-14,16,18-20,22,24-32,34,36-38,40,42-51H2,1-5H3/p+1/b11-9-,17-15-,23-21-,35-33-,41-39-. The van der Waals surface area contributed by atoms with E-state index in [1.54, 1.807) is 0 Å². The Morgan fingerprint density at radius 2 is 0.875 bits per heavy atom. The molecule has 1 N–H and O–H groups in total. The number of nitrogens with zero attached hydrogens (tertiary/aromatic N) is 1. The third-order valence-corrected chi connectivity index (χ3v) is 11.7. The molecular formula is C56H100NO7+. The van der Waals surface area contributed by atoms with Crippen LogP contribution in [0.1, 0.15) is 226 Å². The van der Waals surface area contributed by atoms with E-state index in [0.717, 1.165) is 57.8 Å². The fraction of sp³-hybridized carbons (Fsp3) is 0.768. The molecule has 2 atom stereocenters. The maximum atomic E-state index is 12.8. The molecule has 0 radical (unpaired) electrons. The number of allylic oxidation sites excluding steroid dienone is 10. The third-order valence-electron chi connectivity index (χ3n) is 11.7. The van der Waals surface area contributed by atoms with Crippen molar-refractivity contribution >= 4 is 17.9 Å². The molecule has 0 aliphatic heterocycles. The number of hydrogen-bond acceptors (Lipinski definition) is 6. The van der Waals surface area contributed by atoms with Crippen LogP contribution in [0.4, 0.5) is 0 Å². The molecule has 0 amide bonds. The highest BCUT2D eigenvalue weighted by Gasteiger charge is 2.31. The van der Waals surface area contributed by atoms with Crippen LogP contribution in [0.15, 0.2) is 60.8 Å². The van der Waals surface area contributed by atoms with Crippen LogP contribution in [0.5, 0.6) is 0 Å². The van der Waals surface area contributed by atoms with Gasteiger partial charge in [0, 0.05) is 19.3 Å². The number of rotatable bonds is 47. The topological polar surface area (TPSA) is 99.1 Å². The molecule has 0 aromatic carbocycles. The van der Waals surface area contributed by atoms with E-state index in [1.165, 1.54) is 128 Å². The zero-order valence-corrected chi connectivity index (χ0v) is 42.2. The van der Waals surface area contributed by atoms with Gasteiger partial charge in [-0.1, -0.05) is 216 Å². The van der Waals surface area contributed by atoms with E-state index in [-0.39, 0.29) is 42.7 Å². The lowest BCUT2D eigenvalue weighted by atomic mass is 10.0. The van der Waals surface area contributed by atoms with Gasteiger partial charge >= 0.3 is 17.9 Å². The molecule has 0 heterocycles. The Labute approximate surface area is 394 Å². The summed E-state index contributed by atoms with van der Waals surface area (Å²) in [5.74, 6) is -1.54. The maximum absolute atomic E-state index is 12.8. The molecule has 64 heavy (non-hydrogen) atoms. The minimum Gasteiger partial charge on any atom is -0.477 e. The number of quaternary nitrogens is 1. The molecule has 0 spiro atoms. The van der Waals surface area contributed by atoms with Crippen molar-refractivity contribution in [1.82, 2.24) is 0 Å². The van der Waals surface area contributed by atoms with E-state index < -0.39 is 18.1 Å². The molecule has 370 valence electrons. The van der Waals surface area contributed by atoms with Crippen LogP contribution in [-0.4, -0.2) is 80.6 Å². The number of carbonyl (C=O) groups excluding carboxylic acids is 2. The average Bonchev–Trinajstić information content (AvgIpc) is 3.26. The fourth-order valence-electron chi connectivity index (χ4n) is 7.66. The van der Waals surface area contributed by atoms with E-state index in [9.17, 15) is 19.5 Å². The summed E-state index contributed by atoms with van der Waals surface area (Å²) < 4.78 is 17.3. The third kappa shape index (κ3) is 44.2. The summed E-state index contributed by atoms with van der Waals surface area (Å²) in [6.45, 7) is 4.59. The van der Waals surface area contributed by atoms with E-state index in [2.05, 4.69) is 74.6 Å². The molecule has 0 bridgehead atoms. The molecule has 0 fully saturated rings. The first-order valence-corrected chi connectivity index (χ1v) is 26.3. The molecule has 0 aliphatic rings. The Hall–Kier alpha value is -2.97. The van der Waals surface area contributed by atoms with Crippen molar-refractivity contribution < 1.29 is 38.2 Å². The highest BCUT2D eigenvalue weighted by molar-refractivity contribution is 5.72. The van der Waals surface area contributed by atoms with Crippen LogP contribution in [0.3, 0.4) is 0 Å². The SMILES string of the molecule is CC/C=C\C/C=C\C/C=C\C/C=C\C/C=C\CCCC(=O)OC(COCCC(C(=O)O)[N+](C)(C)C)COC(=O)CCCCCCCCCCCCCCCCCCCCCCCCC. The molecular weight excluding hydrogens is 799 g/mol. The summed E-state index contributed by atoms with van der Waals surface area (Å²) >= 11 is 0. The van der Waals surface area contributed by atoms with Crippen molar-refractivity contribution in [2.45, 2.75) is 238 Å². The fourth-order valence-corrected chi connectivity index (χ4v) is 7.66. The summed E-state index contributed by atoms with van der Waals surface area (Å²) in [6, 6.07) is -0.626. The number of carboxylic acids is 1. The second kappa shape index (κ2) is 46.6. The van der Waals surface area contributed by atoms with Crippen molar-refractivity contribution in [3.8, 4) is 0 Å². The number of unbranched alkanes of at least 4 members (excludes halogenated alkanes) is 23. The van der Waals surface area contributed by atoms with E-state index in [4.69, 9.17) is 14.2 Å². The van der Waals surface area contributed by atoms with Gasteiger partial charge in [0.25, 0.3) is 0 Å². The first-order chi connectivity index (χ1) is 31.1. The highest BCUT2D eigenvalue weighted by Crippen LogP contribution is 2.16. The van der Waals surface area contributed by atoms with E-state index >= 15 is 0 Å². The van der Waals surface area contributed by atoms with Crippen LogP contribution in [0, 0.1) is 0 Å². The second-order valence-corrected chi connectivity index (χ2v) is 18.8. The normalized spacial score (nSPS) is 13.3. The van der Waals surface area contributed by atoms with Gasteiger partial charge in [-0.2, -0.15) is 0 Å².